The molecule has 0 saturated heterocycles. The number of anilines is 1. The molecule has 15 heavy (non-hydrogen) atoms. The van der Waals surface area contributed by atoms with Crippen molar-refractivity contribution in [2.24, 2.45) is 0 Å². The van der Waals surface area contributed by atoms with E-state index in [4.69, 9.17) is 11.6 Å². The molecule has 1 aromatic rings. The first-order valence-corrected chi connectivity index (χ1v) is 5.94. The number of alkyl halides is 2. The Labute approximate surface area is 95.9 Å². The Morgan fingerprint density at radius 3 is 2.87 bits per heavy atom. The van der Waals surface area contributed by atoms with E-state index in [0.717, 1.165) is 18.5 Å². The van der Waals surface area contributed by atoms with Crippen molar-refractivity contribution in [1.82, 2.24) is 4.98 Å². The minimum atomic E-state index is -1.98. The molecule has 1 fully saturated rings. The van der Waals surface area contributed by atoms with Crippen LogP contribution in [-0.2, 0) is 4.79 Å². The van der Waals surface area contributed by atoms with Crippen molar-refractivity contribution in [2.75, 3.05) is 4.90 Å². The third kappa shape index (κ3) is 2.29. The van der Waals surface area contributed by atoms with Crippen LogP contribution in [-0.4, -0.2) is 22.6 Å². The number of carbonyl (C=O) groups is 1. The fraction of sp³-hybridized carbons (Fsp3) is 0.556. The summed E-state index contributed by atoms with van der Waals surface area (Å²) in [6, 6.07) is 0.0834. The van der Waals surface area contributed by atoms with Crippen molar-refractivity contribution < 1.29 is 9.18 Å². The van der Waals surface area contributed by atoms with E-state index in [1.807, 2.05) is 12.3 Å². The molecule has 3 nitrogen and oxygen atoms in total. The number of aromatic nitrogens is 1. The van der Waals surface area contributed by atoms with Gasteiger partial charge in [-0.2, -0.15) is 0 Å². The van der Waals surface area contributed by atoms with Gasteiger partial charge in [0.05, 0.1) is 5.69 Å². The maximum absolute atomic E-state index is 12.8. The second kappa shape index (κ2) is 4.06. The van der Waals surface area contributed by atoms with Gasteiger partial charge in [0.1, 0.15) is 0 Å². The van der Waals surface area contributed by atoms with Crippen molar-refractivity contribution in [3.8, 4) is 0 Å². The van der Waals surface area contributed by atoms with Crippen molar-refractivity contribution in [1.29, 1.82) is 0 Å². The molecule has 1 aliphatic rings. The van der Waals surface area contributed by atoms with E-state index >= 15 is 0 Å². The SMILES string of the molecule is Cc1csc(N(C(=O)C(F)Cl)C2CC2)n1. The molecule has 1 saturated carbocycles. The van der Waals surface area contributed by atoms with Crippen LogP contribution < -0.4 is 4.90 Å². The van der Waals surface area contributed by atoms with Gasteiger partial charge >= 0.3 is 0 Å². The summed E-state index contributed by atoms with van der Waals surface area (Å²) in [5.41, 5.74) is -1.15. The van der Waals surface area contributed by atoms with Crippen LogP contribution in [0.2, 0.25) is 0 Å². The Morgan fingerprint density at radius 1 is 1.80 bits per heavy atom. The van der Waals surface area contributed by atoms with Crippen LogP contribution in [0, 0.1) is 6.92 Å². The van der Waals surface area contributed by atoms with Crippen molar-refractivity contribution >= 4 is 34.0 Å². The number of rotatable bonds is 3. The number of nitrogens with zero attached hydrogens (tertiary/aromatic N) is 2. The lowest BCUT2D eigenvalue weighted by Gasteiger charge is -2.18. The highest BCUT2D eigenvalue weighted by Gasteiger charge is 2.38. The zero-order valence-corrected chi connectivity index (χ0v) is 9.69. The van der Waals surface area contributed by atoms with Crippen LogP contribution in [0.1, 0.15) is 18.5 Å². The molecule has 82 valence electrons. The zero-order valence-electron chi connectivity index (χ0n) is 8.11. The highest BCUT2D eigenvalue weighted by atomic mass is 35.5. The second-order valence-electron chi connectivity index (χ2n) is 3.51. The molecule has 0 bridgehead atoms. The van der Waals surface area contributed by atoms with Gasteiger partial charge in [-0.3, -0.25) is 9.69 Å². The fourth-order valence-electron chi connectivity index (χ4n) is 1.32. The van der Waals surface area contributed by atoms with Crippen LogP contribution in [0.15, 0.2) is 5.38 Å². The van der Waals surface area contributed by atoms with E-state index in [-0.39, 0.29) is 6.04 Å². The maximum Gasteiger partial charge on any atom is 0.279 e. The summed E-state index contributed by atoms with van der Waals surface area (Å²) in [6.45, 7) is 1.84. The Balaban J connectivity index is 2.23. The first-order chi connectivity index (χ1) is 7.09. The number of aryl methyl sites for hydroxylation is 1. The van der Waals surface area contributed by atoms with Crippen LogP contribution in [0.25, 0.3) is 0 Å². The number of halogens is 2. The first kappa shape index (κ1) is 10.8. The molecule has 0 spiro atoms. The van der Waals surface area contributed by atoms with Crippen LogP contribution in [0.3, 0.4) is 0 Å². The number of amides is 1. The summed E-state index contributed by atoms with van der Waals surface area (Å²) < 4.78 is 12.8. The lowest BCUT2D eigenvalue weighted by Crippen LogP contribution is -2.37. The molecule has 1 heterocycles. The normalized spacial score (nSPS) is 17.5. The maximum atomic E-state index is 12.8. The predicted molar refractivity (Wildman–Crippen MR) is 58.1 cm³/mol. The molecule has 2 rings (SSSR count). The van der Waals surface area contributed by atoms with E-state index in [1.54, 1.807) is 0 Å². The summed E-state index contributed by atoms with van der Waals surface area (Å²) in [5, 5.41) is 2.38. The van der Waals surface area contributed by atoms with Gasteiger partial charge in [0.25, 0.3) is 11.5 Å². The molecule has 0 N–H and O–H groups in total. The van der Waals surface area contributed by atoms with E-state index in [9.17, 15) is 9.18 Å². The largest absolute Gasteiger partial charge is 0.281 e. The molecule has 6 heteroatoms. The van der Waals surface area contributed by atoms with Crippen molar-refractivity contribution in [2.45, 2.75) is 31.4 Å². The minimum absolute atomic E-state index is 0.0834. The molecule has 1 aliphatic carbocycles. The predicted octanol–water partition coefficient (Wildman–Crippen LogP) is 2.48. The first-order valence-electron chi connectivity index (χ1n) is 4.63. The van der Waals surface area contributed by atoms with Gasteiger partial charge in [0, 0.05) is 11.4 Å². The van der Waals surface area contributed by atoms with Crippen LogP contribution >= 0.6 is 22.9 Å². The molecule has 0 aromatic carbocycles. The van der Waals surface area contributed by atoms with Gasteiger partial charge < -0.3 is 0 Å². The lowest BCUT2D eigenvalue weighted by molar-refractivity contribution is -0.120. The Hall–Kier alpha value is -0.680. The van der Waals surface area contributed by atoms with E-state index in [1.165, 1.54) is 16.2 Å². The average molecular weight is 249 g/mol. The molecule has 1 atom stereocenters. The number of hydrogen-bond donors (Lipinski definition) is 0. The molecular weight excluding hydrogens is 239 g/mol. The average Bonchev–Trinajstić information content (AvgIpc) is 2.90. The summed E-state index contributed by atoms with van der Waals surface area (Å²) in [6.07, 6.45) is 1.79. The molecule has 0 radical (unpaired) electrons. The van der Waals surface area contributed by atoms with Gasteiger partial charge in [-0.05, 0) is 19.8 Å². The highest BCUT2D eigenvalue weighted by Crippen LogP contribution is 2.34. The zero-order chi connectivity index (χ0) is 11.0. The molecule has 1 unspecified atom stereocenters. The highest BCUT2D eigenvalue weighted by molar-refractivity contribution is 7.14. The standard InChI is InChI=1S/C9H10ClFN2OS/c1-5-4-15-9(12-5)13(6-2-3-6)8(14)7(10)11/h4,6-7H,2-3H2,1H3. The van der Waals surface area contributed by atoms with Crippen molar-refractivity contribution in [3.05, 3.63) is 11.1 Å². The van der Waals surface area contributed by atoms with Crippen molar-refractivity contribution in [3.63, 3.8) is 0 Å². The van der Waals surface area contributed by atoms with E-state index < -0.39 is 11.5 Å². The molecular formula is C9H10ClFN2OS. The van der Waals surface area contributed by atoms with Gasteiger partial charge in [-0.15, -0.1) is 11.3 Å². The minimum Gasteiger partial charge on any atom is -0.281 e. The monoisotopic (exact) mass is 248 g/mol. The Morgan fingerprint density at radius 2 is 2.47 bits per heavy atom. The third-order valence-corrected chi connectivity index (χ3v) is 3.29. The van der Waals surface area contributed by atoms with E-state index in [0.29, 0.717) is 5.13 Å². The second-order valence-corrected chi connectivity index (χ2v) is 4.73. The molecule has 1 aromatic heterocycles. The number of thiazole rings is 1. The smallest absolute Gasteiger partial charge is 0.279 e. The lowest BCUT2D eigenvalue weighted by atomic mass is 10.5. The molecule has 0 aliphatic heterocycles. The topological polar surface area (TPSA) is 33.2 Å². The van der Waals surface area contributed by atoms with Gasteiger partial charge in [-0.25, -0.2) is 9.37 Å². The van der Waals surface area contributed by atoms with Gasteiger partial charge in [-0.1, -0.05) is 11.6 Å². The third-order valence-electron chi connectivity index (χ3n) is 2.15. The summed E-state index contributed by atoms with van der Waals surface area (Å²) in [7, 11) is 0. The van der Waals surface area contributed by atoms with Gasteiger partial charge in [0.2, 0.25) is 0 Å². The van der Waals surface area contributed by atoms with E-state index in [2.05, 4.69) is 4.98 Å². The Kier molecular flexibility index (Phi) is 2.93. The number of carbonyl (C=O) groups excluding carboxylic acids is 1. The van der Waals surface area contributed by atoms with Crippen LogP contribution in [0.4, 0.5) is 9.52 Å². The number of hydrogen-bond acceptors (Lipinski definition) is 3. The van der Waals surface area contributed by atoms with Crippen LogP contribution in [0.5, 0.6) is 0 Å². The Bertz CT molecular complexity index is 378. The molecule has 1 amide bonds. The summed E-state index contributed by atoms with van der Waals surface area (Å²) >= 11 is 6.51. The fourth-order valence-corrected chi connectivity index (χ4v) is 2.30. The summed E-state index contributed by atoms with van der Waals surface area (Å²) in [4.78, 5) is 17.1. The quantitative estimate of drug-likeness (QED) is 0.770. The summed E-state index contributed by atoms with van der Waals surface area (Å²) in [5.74, 6) is -0.700. The van der Waals surface area contributed by atoms with Gasteiger partial charge in [0.15, 0.2) is 5.13 Å².